The minimum atomic E-state index is -0.279. The van der Waals surface area contributed by atoms with Crippen molar-refractivity contribution in [2.24, 2.45) is 0 Å². The van der Waals surface area contributed by atoms with Crippen LogP contribution in [0.3, 0.4) is 0 Å². The highest BCUT2D eigenvalue weighted by molar-refractivity contribution is 6.35. The molecule has 19 heavy (non-hydrogen) atoms. The molecule has 2 aromatic carbocycles. The number of hydrogen-bond donors (Lipinski definition) is 0. The van der Waals surface area contributed by atoms with Crippen LogP contribution in [0.15, 0.2) is 42.5 Å². The van der Waals surface area contributed by atoms with Crippen molar-refractivity contribution >= 4 is 34.2 Å². The molecule has 0 spiro atoms. The number of rotatable bonds is 2. The maximum absolute atomic E-state index is 13.0. The Morgan fingerprint density at radius 2 is 1.84 bits per heavy atom. The molecule has 3 aromatic rings. The average Bonchev–Trinajstić information content (AvgIpc) is 2.80. The summed E-state index contributed by atoms with van der Waals surface area (Å²) in [5.41, 5.74) is 2.36. The van der Waals surface area contributed by atoms with Gasteiger partial charge in [-0.15, -0.1) is 11.6 Å². The van der Waals surface area contributed by atoms with E-state index in [1.807, 2.05) is 16.7 Å². The van der Waals surface area contributed by atoms with E-state index in [9.17, 15) is 4.39 Å². The second-order valence-electron chi connectivity index (χ2n) is 4.08. The molecule has 0 aliphatic rings. The maximum Gasteiger partial charge on any atom is 0.129 e. The summed E-state index contributed by atoms with van der Waals surface area (Å²) in [6, 6.07) is 11.7. The first-order valence-electron chi connectivity index (χ1n) is 5.68. The Labute approximate surface area is 119 Å². The molecule has 0 aliphatic heterocycles. The normalized spacial score (nSPS) is 11.1. The number of halogens is 3. The molecule has 0 radical (unpaired) electrons. The summed E-state index contributed by atoms with van der Waals surface area (Å²) in [5.74, 6) is 0.651. The third kappa shape index (κ3) is 2.09. The van der Waals surface area contributed by atoms with Gasteiger partial charge in [-0.25, -0.2) is 9.37 Å². The van der Waals surface area contributed by atoms with Crippen LogP contribution in [0.4, 0.5) is 4.39 Å². The highest BCUT2D eigenvalue weighted by atomic mass is 35.5. The van der Waals surface area contributed by atoms with E-state index < -0.39 is 0 Å². The third-order valence-corrected chi connectivity index (χ3v) is 3.45. The van der Waals surface area contributed by atoms with Gasteiger partial charge in [0.1, 0.15) is 17.2 Å². The van der Waals surface area contributed by atoms with Gasteiger partial charge < -0.3 is 0 Å². The zero-order valence-corrected chi connectivity index (χ0v) is 11.3. The lowest BCUT2D eigenvalue weighted by Crippen LogP contribution is -1.99. The predicted molar refractivity (Wildman–Crippen MR) is 75.6 cm³/mol. The smallest absolute Gasteiger partial charge is 0.129 e. The van der Waals surface area contributed by atoms with Gasteiger partial charge in [-0.05, 0) is 36.4 Å². The molecule has 0 amide bonds. The fourth-order valence-corrected chi connectivity index (χ4v) is 2.47. The predicted octanol–water partition coefficient (Wildman–Crippen LogP) is 4.56. The molecule has 0 saturated carbocycles. The van der Waals surface area contributed by atoms with Crippen molar-refractivity contribution in [1.29, 1.82) is 0 Å². The summed E-state index contributed by atoms with van der Waals surface area (Å²) in [6.45, 7) is 0. The summed E-state index contributed by atoms with van der Waals surface area (Å²) in [4.78, 5) is 4.43. The molecule has 0 saturated heterocycles. The van der Waals surface area contributed by atoms with Crippen LogP contribution in [0.1, 0.15) is 5.82 Å². The molecular weight excluding hydrogens is 286 g/mol. The van der Waals surface area contributed by atoms with Crippen LogP contribution >= 0.6 is 23.2 Å². The number of hydrogen-bond acceptors (Lipinski definition) is 1. The summed E-state index contributed by atoms with van der Waals surface area (Å²) in [6.07, 6.45) is 0. The van der Waals surface area contributed by atoms with Crippen LogP contribution in [0.2, 0.25) is 5.02 Å². The van der Waals surface area contributed by atoms with Crippen LogP contribution in [0.5, 0.6) is 0 Å². The first-order valence-corrected chi connectivity index (χ1v) is 6.59. The fraction of sp³-hybridized carbons (Fsp3) is 0.0714. The molecule has 0 fully saturated rings. The van der Waals surface area contributed by atoms with E-state index in [-0.39, 0.29) is 11.7 Å². The van der Waals surface area contributed by atoms with Crippen LogP contribution in [0, 0.1) is 5.82 Å². The van der Waals surface area contributed by atoms with Crippen LogP contribution < -0.4 is 0 Å². The third-order valence-electron chi connectivity index (χ3n) is 2.91. The van der Waals surface area contributed by atoms with Crippen molar-refractivity contribution in [2.75, 3.05) is 0 Å². The van der Waals surface area contributed by atoms with Gasteiger partial charge in [0.15, 0.2) is 0 Å². The Kier molecular flexibility index (Phi) is 3.17. The molecule has 3 rings (SSSR count). The lowest BCUT2D eigenvalue weighted by molar-refractivity contribution is 0.627. The van der Waals surface area contributed by atoms with Gasteiger partial charge in [-0.2, -0.15) is 0 Å². The van der Waals surface area contributed by atoms with Gasteiger partial charge >= 0.3 is 0 Å². The number of alkyl halides is 1. The van der Waals surface area contributed by atoms with Crippen LogP contribution in [-0.2, 0) is 5.88 Å². The van der Waals surface area contributed by atoms with E-state index in [1.165, 1.54) is 12.1 Å². The second kappa shape index (κ2) is 4.83. The topological polar surface area (TPSA) is 17.8 Å². The molecule has 96 valence electrons. The lowest BCUT2D eigenvalue weighted by Gasteiger charge is -2.07. The van der Waals surface area contributed by atoms with Crippen molar-refractivity contribution in [3.8, 4) is 5.69 Å². The van der Waals surface area contributed by atoms with Crippen molar-refractivity contribution < 1.29 is 4.39 Å². The highest BCUT2D eigenvalue weighted by Crippen LogP contribution is 2.27. The van der Waals surface area contributed by atoms with Gasteiger partial charge in [0, 0.05) is 5.69 Å². The molecule has 0 atom stereocenters. The van der Waals surface area contributed by atoms with Crippen molar-refractivity contribution in [1.82, 2.24) is 9.55 Å². The summed E-state index contributed by atoms with van der Waals surface area (Å²) in [5, 5.41) is 0.574. The minimum Gasteiger partial charge on any atom is -0.295 e. The summed E-state index contributed by atoms with van der Waals surface area (Å²) >= 11 is 12.1. The Morgan fingerprint density at radius 3 is 2.53 bits per heavy atom. The number of nitrogens with zero attached hydrogens (tertiary/aromatic N) is 2. The van der Waals surface area contributed by atoms with E-state index in [2.05, 4.69) is 4.98 Å². The average molecular weight is 295 g/mol. The number of para-hydroxylation sites is 1. The van der Waals surface area contributed by atoms with E-state index in [4.69, 9.17) is 23.2 Å². The number of aromatic nitrogens is 2. The highest BCUT2D eigenvalue weighted by Gasteiger charge is 2.13. The lowest BCUT2D eigenvalue weighted by atomic mass is 10.2. The summed E-state index contributed by atoms with van der Waals surface area (Å²) < 4.78 is 14.9. The molecule has 0 N–H and O–H groups in total. The van der Waals surface area contributed by atoms with Gasteiger partial charge in [0.25, 0.3) is 0 Å². The van der Waals surface area contributed by atoms with Crippen molar-refractivity contribution in [3.63, 3.8) is 0 Å². The van der Waals surface area contributed by atoms with E-state index >= 15 is 0 Å². The molecule has 1 aromatic heterocycles. The number of imidazole rings is 1. The Morgan fingerprint density at radius 1 is 1.11 bits per heavy atom. The Balaban J connectivity index is 2.32. The molecule has 0 aliphatic carbocycles. The quantitative estimate of drug-likeness (QED) is 0.634. The van der Waals surface area contributed by atoms with Gasteiger partial charge in [0.2, 0.25) is 0 Å². The van der Waals surface area contributed by atoms with Gasteiger partial charge in [-0.3, -0.25) is 4.57 Å². The molecule has 1 heterocycles. The second-order valence-corrected chi connectivity index (χ2v) is 4.76. The van der Waals surface area contributed by atoms with E-state index in [1.54, 1.807) is 18.2 Å². The van der Waals surface area contributed by atoms with Gasteiger partial charge in [-0.1, -0.05) is 17.7 Å². The zero-order chi connectivity index (χ0) is 13.4. The first kappa shape index (κ1) is 12.5. The molecule has 0 bridgehead atoms. The Hall–Kier alpha value is -1.58. The minimum absolute atomic E-state index is 0.252. The van der Waals surface area contributed by atoms with Crippen molar-refractivity contribution in [3.05, 3.63) is 59.1 Å². The van der Waals surface area contributed by atoms with Crippen LogP contribution in [-0.4, -0.2) is 9.55 Å². The Bertz CT molecular complexity index is 735. The number of fused-ring (bicyclic) bond motifs is 1. The van der Waals surface area contributed by atoms with Crippen molar-refractivity contribution in [2.45, 2.75) is 5.88 Å². The number of benzene rings is 2. The monoisotopic (exact) mass is 294 g/mol. The molecular formula is C14H9Cl2FN2. The van der Waals surface area contributed by atoms with E-state index in [0.29, 0.717) is 16.4 Å². The standard InChI is InChI=1S/C14H9Cl2FN2/c15-8-13-18-14-11(16)2-1-3-12(14)19(13)10-6-4-9(17)5-7-10/h1-7H,8H2. The zero-order valence-electron chi connectivity index (χ0n) is 9.78. The SMILES string of the molecule is Fc1ccc(-n2c(CCl)nc3c(Cl)cccc32)cc1. The first-order chi connectivity index (χ1) is 9.20. The van der Waals surface area contributed by atoms with Crippen LogP contribution in [0.25, 0.3) is 16.7 Å². The summed E-state index contributed by atoms with van der Waals surface area (Å²) in [7, 11) is 0. The van der Waals surface area contributed by atoms with E-state index in [0.717, 1.165) is 11.2 Å². The fourth-order valence-electron chi connectivity index (χ4n) is 2.08. The largest absolute Gasteiger partial charge is 0.295 e. The molecule has 5 heteroatoms. The molecule has 2 nitrogen and oxygen atoms in total. The van der Waals surface area contributed by atoms with Gasteiger partial charge in [0.05, 0.1) is 16.4 Å². The molecule has 0 unspecified atom stereocenters. The maximum atomic E-state index is 13.0.